The van der Waals surface area contributed by atoms with Crippen molar-refractivity contribution < 1.29 is 0 Å². The summed E-state index contributed by atoms with van der Waals surface area (Å²) in [7, 11) is 0. The summed E-state index contributed by atoms with van der Waals surface area (Å²) >= 11 is 0. The van der Waals surface area contributed by atoms with Gasteiger partial charge in [-0.15, -0.1) is 0 Å². The highest BCUT2D eigenvalue weighted by molar-refractivity contribution is 5.99. The Morgan fingerprint density at radius 1 is 1.00 bits per heavy atom. The minimum absolute atomic E-state index is 0.0793. The van der Waals surface area contributed by atoms with Crippen LogP contribution in [0.1, 0.15) is 26.7 Å². The number of benzene rings is 1. The maximum Gasteiger partial charge on any atom is 0.329 e. The molecular weight excluding hydrogens is 328 g/mol. The van der Waals surface area contributed by atoms with E-state index in [0.29, 0.717) is 0 Å². The molecule has 7 heteroatoms. The highest BCUT2D eigenvalue weighted by Crippen LogP contribution is 2.28. The molecule has 0 saturated carbocycles. The van der Waals surface area contributed by atoms with Crippen molar-refractivity contribution in [1.82, 2.24) is 24.4 Å². The molecule has 0 radical (unpaired) electrons. The Balaban J connectivity index is 1.97. The van der Waals surface area contributed by atoms with E-state index in [0.717, 1.165) is 79.9 Å². The molecule has 1 N–H and O–H groups in total. The van der Waals surface area contributed by atoms with Crippen LogP contribution in [-0.4, -0.2) is 45.3 Å². The summed E-state index contributed by atoms with van der Waals surface area (Å²) in [4.78, 5) is 24.3. The van der Waals surface area contributed by atoms with Crippen LogP contribution in [0, 0.1) is 0 Å². The van der Waals surface area contributed by atoms with Crippen LogP contribution in [-0.2, 0) is 13.1 Å². The van der Waals surface area contributed by atoms with Gasteiger partial charge in [-0.2, -0.15) is 0 Å². The molecule has 1 saturated heterocycles. The van der Waals surface area contributed by atoms with E-state index >= 15 is 0 Å². The van der Waals surface area contributed by atoms with Crippen LogP contribution in [0.3, 0.4) is 0 Å². The van der Waals surface area contributed by atoms with Crippen LogP contribution in [0.4, 0.5) is 5.82 Å². The fourth-order valence-corrected chi connectivity index (χ4v) is 3.86. The second kappa shape index (κ2) is 7.07. The minimum atomic E-state index is 0.0793. The average Bonchev–Trinajstić information content (AvgIpc) is 2.92. The van der Waals surface area contributed by atoms with E-state index in [-0.39, 0.29) is 5.69 Å². The van der Waals surface area contributed by atoms with Gasteiger partial charge in [-0.25, -0.2) is 14.8 Å². The van der Waals surface area contributed by atoms with Crippen LogP contribution >= 0.6 is 0 Å². The number of aryl methyl sites for hydroxylation is 2. The Morgan fingerprint density at radius 2 is 1.65 bits per heavy atom. The van der Waals surface area contributed by atoms with Gasteiger partial charge < -0.3 is 10.2 Å². The predicted octanol–water partition coefficient (Wildman–Crippen LogP) is 1.98. The lowest BCUT2D eigenvalue weighted by Crippen LogP contribution is -2.44. The molecule has 0 spiro atoms. The summed E-state index contributed by atoms with van der Waals surface area (Å²) in [6.45, 7) is 9.45. The monoisotopic (exact) mass is 354 g/mol. The summed E-state index contributed by atoms with van der Waals surface area (Å²) in [6, 6.07) is 4.17. The van der Waals surface area contributed by atoms with E-state index < -0.39 is 0 Å². The lowest BCUT2D eigenvalue weighted by molar-refractivity contribution is 0.586. The first kappa shape index (κ1) is 17.0. The van der Waals surface area contributed by atoms with Gasteiger partial charge in [0.25, 0.3) is 0 Å². The van der Waals surface area contributed by atoms with Crippen molar-refractivity contribution in [2.45, 2.75) is 39.8 Å². The van der Waals surface area contributed by atoms with Crippen molar-refractivity contribution in [2.75, 3.05) is 31.1 Å². The third-order valence-corrected chi connectivity index (χ3v) is 5.06. The molecule has 3 aromatic rings. The normalized spacial score (nSPS) is 15.2. The zero-order valence-electron chi connectivity index (χ0n) is 15.5. The van der Waals surface area contributed by atoms with E-state index in [1.54, 1.807) is 6.33 Å². The summed E-state index contributed by atoms with van der Waals surface area (Å²) < 4.78 is 3.79. The van der Waals surface area contributed by atoms with Gasteiger partial charge in [-0.05, 0) is 25.0 Å². The summed E-state index contributed by atoms with van der Waals surface area (Å²) in [5.74, 6) is 0.970. The molecule has 138 valence electrons. The Labute approximate surface area is 152 Å². The second-order valence-corrected chi connectivity index (χ2v) is 6.88. The van der Waals surface area contributed by atoms with E-state index in [9.17, 15) is 4.79 Å². The van der Waals surface area contributed by atoms with Crippen molar-refractivity contribution in [3.63, 3.8) is 0 Å². The predicted molar refractivity (Wildman–Crippen MR) is 105 cm³/mol. The van der Waals surface area contributed by atoms with Crippen LogP contribution in [0.25, 0.3) is 21.9 Å². The SMILES string of the molecule is CCCn1c(=O)n(CCC)c2cc3c(N4CCNCC4)ncnc3cc21. The fourth-order valence-electron chi connectivity index (χ4n) is 3.86. The zero-order chi connectivity index (χ0) is 18.1. The zero-order valence-corrected chi connectivity index (χ0v) is 15.5. The third kappa shape index (κ3) is 2.76. The molecule has 1 aliphatic heterocycles. The molecule has 0 bridgehead atoms. The molecule has 26 heavy (non-hydrogen) atoms. The van der Waals surface area contributed by atoms with E-state index in [1.807, 2.05) is 9.13 Å². The van der Waals surface area contributed by atoms with Gasteiger partial charge in [-0.3, -0.25) is 9.13 Å². The Morgan fingerprint density at radius 3 is 2.31 bits per heavy atom. The Hall–Kier alpha value is -2.41. The minimum Gasteiger partial charge on any atom is -0.353 e. The average molecular weight is 354 g/mol. The third-order valence-electron chi connectivity index (χ3n) is 5.06. The number of anilines is 1. The van der Waals surface area contributed by atoms with Gasteiger partial charge in [0.2, 0.25) is 0 Å². The maximum absolute atomic E-state index is 12.9. The number of nitrogens with zero attached hydrogens (tertiary/aromatic N) is 5. The number of hydrogen-bond donors (Lipinski definition) is 1. The molecule has 0 atom stereocenters. The van der Waals surface area contributed by atoms with Crippen LogP contribution in [0.5, 0.6) is 0 Å². The van der Waals surface area contributed by atoms with Crippen molar-refractivity contribution in [1.29, 1.82) is 0 Å². The lowest BCUT2D eigenvalue weighted by atomic mass is 10.2. The number of aromatic nitrogens is 4. The van der Waals surface area contributed by atoms with E-state index in [1.165, 1.54) is 0 Å². The first-order valence-electron chi connectivity index (χ1n) is 9.58. The standard InChI is InChI=1S/C19H26N6O/c1-3-7-24-16-11-14-15(12-17(16)25(8-4-2)19(24)26)21-13-22-18(14)23-9-5-20-6-10-23/h11-13,20H,3-10H2,1-2H3. The van der Waals surface area contributed by atoms with Crippen molar-refractivity contribution in [3.05, 3.63) is 28.9 Å². The molecule has 7 nitrogen and oxygen atoms in total. The molecule has 1 fully saturated rings. The number of hydrogen-bond acceptors (Lipinski definition) is 5. The molecule has 0 unspecified atom stereocenters. The number of nitrogens with one attached hydrogen (secondary N) is 1. The van der Waals surface area contributed by atoms with Crippen molar-refractivity contribution in [2.24, 2.45) is 0 Å². The van der Waals surface area contributed by atoms with Crippen LogP contribution in [0.2, 0.25) is 0 Å². The van der Waals surface area contributed by atoms with Crippen molar-refractivity contribution >= 4 is 27.8 Å². The number of imidazole rings is 1. The van der Waals surface area contributed by atoms with Gasteiger partial charge in [0.15, 0.2) is 0 Å². The molecule has 2 aromatic heterocycles. The first-order valence-corrected chi connectivity index (χ1v) is 9.58. The molecule has 3 heterocycles. The van der Waals surface area contributed by atoms with Gasteiger partial charge in [0, 0.05) is 44.7 Å². The summed E-state index contributed by atoms with van der Waals surface area (Å²) in [5.41, 5.74) is 2.95. The molecule has 1 aromatic carbocycles. The second-order valence-electron chi connectivity index (χ2n) is 6.88. The largest absolute Gasteiger partial charge is 0.353 e. The smallest absolute Gasteiger partial charge is 0.329 e. The van der Waals surface area contributed by atoms with Crippen molar-refractivity contribution in [3.8, 4) is 0 Å². The van der Waals surface area contributed by atoms with Gasteiger partial charge in [0.1, 0.15) is 12.1 Å². The van der Waals surface area contributed by atoms with Crippen LogP contribution in [0.15, 0.2) is 23.3 Å². The molecular formula is C19H26N6O. The highest BCUT2D eigenvalue weighted by atomic mass is 16.1. The molecule has 1 aliphatic rings. The quantitative estimate of drug-likeness (QED) is 0.759. The summed E-state index contributed by atoms with van der Waals surface area (Å²) in [6.07, 6.45) is 3.49. The maximum atomic E-state index is 12.9. The number of piperazine rings is 1. The van der Waals surface area contributed by atoms with Gasteiger partial charge in [0.05, 0.1) is 16.6 Å². The fraction of sp³-hybridized carbons (Fsp3) is 0.526. The highest BCUT2D eigenvalue weighted by Gasteiger charge is 2.18. The molecule has 0 aliphatic carbocycles. The van der Waals surface area contributed by atoms with Gasteiger partial charge >= 0.3 is 5.69 Å². The van der Waals surface area contributed by atoms with Crippen LogP contribution < -0.4 is 15.9 Å². The number of rotatable bonds is 5. The topological polar surface area (TPSA) is 68.0 Å². The lowest BCUT2D eigenvalue weighted by Gasteiger charge is -2.29. The van der Waals surface area contributed by atoms with E-state index in [4.69, 9.17) is 0 Å². The Kier molecular flexibility index (Phi) is 4.63. The molecule has 0 amide bonds. The first-order chi connectivity index (χ1) is 12.7. The number of fused-ring (bicyclic) bond motifs is 2. The Bertz CT molecular complexity index is 983. The molecule has 4 rings (SSSR count). The summed E-state index contributed by atoms with van der Waals surface area (Å²) in [5, 5.41) is 4.41. The van der Waals surface area contributed by atoms with Gasteiger partial charge in [-0.1, -0.05) is 13.8 Å². The van der Waals surface area contributed by atoms with E-state index in [2.05, 4.69) is 46.2 Å².